The number of unbranched alkanes of at least 4 members (excludes halogenated alkanes) is 2. The number of hydroxylamine groups is 2. The number of hydrogen-bond donors (Lipinski definition) is 1. The molecule has 0 bridgehead atoms. The lowest BCUT2D eigenvalue weighted by Crippen LogP contribution is -2.44. The van der Waals surface area contributed by atoms with Crippen molar-refractivity contribution in [2.45, 2.75) is 70.6 Å². The van der Waals surface area contributed by atoms with Crippen LogP contribution >= 0.6 is 0 Å². The van der Waals surface area contributed by atoms with E-state index in [0.717, 1.165) is 43.6 Å². The number of ether oxygens (including phenoxy) is 1. The van der Waals surface area contributed by atoms with Gasteiger partial charge in [-0.1, -0.05) is 43.2 Å². The minimum absolute atomic E-state index is 0.466. The molecule has 1 amide bonds. The first-order chi connectivity index (χ1) is 13.1. The van der Waals surface area contributed by atoms with Gasteiger partial charge in [0.2, 0.25) is 6.41 Å². The quantitative estimate of drug-likeness (QED) is 0.341. The molecule has 1 heterocycles. The second-order valence-electron chi connectivity index (χ2n) is 7.14. The first kappa shape index (κ1) is 21.4. The van der Waals surface area contributed by atoms with Crippen molar-refractivity contribution in [1.29, 1.82) is 0 Å². The number of aryl methyl sites for hydroxylation is 1. The summed E-state index contributed by atoms with van der Waals surface area (Å²) in [5, 5.41) is 10.7. The van der Waals surface area contributed by atoms with Gasteiger partial charge in [0, 0.05) is 13.0 Å². The van der Waals surface area contributed by atoms with Gasteiger partial charge in [-0.3, -0.25) is 9.59 Å². The highest BCUT2D eigenvalue weighted by atomic mass is 16.8. The SMILES string of the molecule is C[C@@H]([C@@H](CCCCCc1ccccc1)C(=O)O)N(C=O)OC1CCCCO1. The van der Waals surface area contributed by atoms with Crippen LogP contribution in [0.3, 0.4) is 0 Å². The van der Waals surface area contributed by atoms with Crippen molar-refractivity contribution in [1.82, 2.24) is 5.06 Å². The third-order valence-electron chi connectivity index (χ3n) is 5.11. The Hall–Kier alpha value is -1.92. The fourth-order valence-corrected chi connectivity index (χ4v) is 3.41. The highest BCUT2D eigenvalue weighted by molar-refractivity contribution is 5.71. The molecule has 1 saturated heterocycles. The van der Waals surface area contributed by atoms with Crippen LogP contribution in [0.15, 0.2) is 30.3 Å². The van der Waals surface area contributed by atoms with Crippen LogP contribution in [0.1, 0.15) is 57.4 Å². The largest absolute Gasteiger partial charge is 0.481 e. The fraction of sp³-hybridized carbons (Fsp3) is 0.619. The van der Waals surface area contributed by atoms with E-state index in [1.54, 1.807) is 6.92 Å². The molecule has 1 aliphatic rings. The van der Waals surface area contributed by atoms with Crippen molar-refractivity contribution >= 4 is 12.4 Å². The number of amides is 1. The number of carboxylic acid groups (broad SMARTS) is 1. The molecule has 1 unspecified atom stereocenters. The predicted octanol–water partition coefficient (Wildman–Crippen LogP) is 3.80. The van der Waals surface area contributed by atoms with Gasteiger partial charge in [0.1, 0.15) is 0 Å². The van der Waals surface area contributed by atoms with E-state index in [1.807, 2.05) is 18.2 Å². The molecule has 0 radical (unpaired) electrons. The van der Waals surface area contributed by atoms with E-state index >= 15 is 0 Å². The minimum Gasteiger partial charge on any atom is -0.481 e. The van der Waals surface area contributed by atoms with E-state index in [9.17, 15) is 14.7 Å². The highest BCUT2D eigenvalue weighted by Crippen LogP contribution is 2.22. The van der Waals surface area contributed by atoms with E-state index in [2.05, 4.69) is 12.1 Å². The Morgan fingerprint density at radius 1 is 1.30 bits per heavy atom. The number of nitrogens with zero attached hydrogens (tertiary/aromatic N) is 1. The van der Waals surface area contributed by atoms with Crippen molar-refractivity contribution in [2.75, 3.05) is 6.61 Å². The van der Waals surface area contributed by atoms with Gasteiger partial charge in [-0.25, -0.2) is 9.90 Å². The van der Waals surface area contributed by atoms with Gasteiger partial charge >= 0.3 is 5.97 Å². The predicted molar refractivity (Wildman–Crippen MR) is 102 cm³/mol. The average Bonchev–Trinajstić information content (AvgIpc) is 2.69. The monoisotopic (exact) mass is 377 g/mol. The molecule has 1 fully saturated rings. The zero-order valence-corrected chi connectivity index (χ0v) is 16.1. The number of aliphatic carboxylic acids is 1. The van der Waals surface area contributed by atoms with Crippen LogP contribution in [-0.2, 0) is 25.6 Å². The summed E-state index contributed by atoms with van der Waals surface area (Å²) in [5.74, 6) is -1.55. The molecule has 6 heteroatoms. The molecule has 1 aliphatic heterocycles. The Morgan fingerprint density at radius 3 is 2.70 bits per heavy atom. The summed E-state index contributed by atoms with van der Waals surface area (Å²) in [7, 11) is 0. The fourth-order valence-electron chi connectivity index (χ4n) is 3.41. The molecule has 1 aromatic rings. The Kier molecular flexibility index (Phi) is 9.28. The van der Waals surface area contributed by atoms with Gasteiger partial charge in [-0.2, -0.15) is 0 Å². The van der Waals surface area contributed by atoms with Crippen LogP contribution in [0.25, 0.3) is 0 Å². The smallest absolute Gasteiger partial charge is 0.308 e. The third-order valence-corrected chi connectivity index (χ3v) is 5.11. The second kappa shape index (κ2) is 11.7. The maximum absolute atomic E-state index is 11.7. The van der Waals surface area contributed by atoms with Crippen molar-refractivity contribution in [3.8, 4) is 0 Å². The number of benzene rings is 1. The van der Waals surface area contributed by atoms with E-state index in [1.165, 1.54) is 5.56 Å². The Bertz CT molecular complexity index is 559. The molecule has 6 nitrogen and oxygen atoms in total. The van der Waals surface area contributed by atoms with Crippen LogP contribution in [0.2, 0.25) is 0 Å². The zero-order valence-electron chi connectivity index (χ0n) is 16.1. The van der Waals surface area contributed by atoms with Gasteiger partial charge in [0.05, 0.1) is 12.0 Å². The maximum atomic E-state index is 11.7. The summed E-state index contributed by atoms with van der Waals surface area (Å²) >= 11 is 0. The van der Waals surface area contributed by atoms with E-state index in [-0.39, 0.29) is 0 Å². The molecule has 150 valence electrons. The number of hydrogen-bond acceptors (Lipinski definition) is 4. The molecule has 1 N–H and O–H groups in total. The first-order valence-electron chi connectivity index (χ1n) is 9.90. The molecule has 0 spiro atoms. The first-order valence-corrected chi connectivity index (χ1v) is 9.90. The Balaban J connectivity index is 1.77. The van der Waals surface area contributed by atoms with Crippen molar-refractivity contribution in [3.05, 3.63) is 35.9 Å². The van der Waals surface area contributed by atoms with E-state index in [0.29, 0.717) is 25.9 Å². The second-order valence-corrected chi connectivity index (χ2v) is 7.14. The van der Waals surface area contributed by atoms with Gasteiger partial charge < -0.3 is 9.84 Å². The Labute approximate surface area is 161 Å². The molecule has 2 rings (SSSR count). The Morgan fingerprint density at radius 2 is 2.07 bits per heavy atom. The van der Waals surface area contributed by atoms with Crippen molar-refractivity contribution in [3.63, 3.8) is 0 Å². The topological polar surface area (TPSA) is 76.1 Å². The van der Waals surface area contributed by atoms with Crippen molar-refractivity contribution < 1.29 is 24.3 Å². The molecule has 0 aromatic heterocycles. The molecule has 0 aliphatic carbocycles. The number of carboxylic acids is 1. The van der Waals surface area contributed by atoms with Crippen LogP contribution < -0.4 is 0 Å². The van der Waals surface area contributed by atoms with Crippen LogP contribution in [0.4, 0.5) is 0 Å². The number of carbonyl (C=O) groups is 2. The lowest BCUT2D eigenvalue weighted by atomic mass is 9.94. The average molecular weight is 377 g/mol. The molecule has 27 heavy (non-hydrogen) atoms. The lowest BCUT2D eigenvalue weighted by molar-refractivity contribution is -0.288. The number of rotatable bonds is 12. The summed E-state index contributed by atoms with van der Waals surface area (Å²) in [6, 6.07) is 9.73. The van der Waals surface area contributed by atoms with E-state index < -0.39 is 24.2 Å². The zero-order chi connectivity index (χ0) is 19.5. The molecular formula is C21H31NO5. The van der Waals surface area contributed by atoms with Crippen LogP contribution in [-0.4, -0.2) is 41.5 Å². The summed E-state index contributed by atoms with van der Waals surface area (Å²) in [4.78, 5) is 28.7. The summed E-state index contributed by atoms with van der Waals surface area (Å²) in [5.41, 5.74) is 1.30. The van der Waals surface area contributed by atoms with Gasteiger partial charge in [-0.15, -0.1) is 0 Å². The molecule has 1 aromatic carbocycles. The molecular weight excluding hydrogens is 346 g/mol. The third kappa shape index (κ3) is 7.31. The summed E-state index contributed by atoms with van der Waals surface area (Å²) in [6.45, 7) is 2.33. The van der Waals surface area contributed by atoms with Gasteiger partial charge in [-0.05, 0) is 44.6 Å². The standard InChI is InChI=1S/C21H31NO5/c1-17(22(16-23)27-20-14-8-9-15-26-20)19(21(24)25)13-7-3-6-12-18-10-4-2-5-11-18/h2,4-5,10-11,16-17,19-20H,3,6-9,12-15H2,1H3,(H,24,25)/t17-,19+,20?/m0/s1. The molecule has 3 atom stereocenters. The summed E-state index contributed by atoms with van der Waals surface area (Å²) in [6.07, 6.45) is 7.08. The minimum atomic E-state index is -0.898. The van der Waals surface area contributed by atoms with Crippen molar-refractivity contribution in [2.24, 2.45) is 5.92 Å². The molecule has 0 saturated carbocycles. The highest BCUT2D eigenvalue weighted by Gasteiger charge is 2.31. The summed E-state index contributed by atoms with van der Waals surface area (Å²) < 4.78 is 5.49. The van der Waals surface area contributed by atoms with Crippen LogP contribution in [0.5, 0.6) is 0 Å². The van der Waals surface area contributed by atoms with Gasteiger partial charge in [0.25, 0.3) is 0 Å². The van der Waals surface area contributed by atoms with Gasteiger partial charge in [0.15, 0.2) is 6.29 Å². The maximum Gasteiger partial charge on any atom is 0.308 e. The normalized spacial score (nSPS) is 19.2. The number of carbonyl (C=O) groups excluding carboxylic acids is 1. The van der Waals surface area contributed by atoms with Crippen LogP contribution in [0, 0.1) is 5.92 Å². The van der Waals surface area contributed by atoms with E-state index in [4.69, 9.17) is 9.57 Å². The lowest BCUT2D eigenvalue weighted by Gasteiger charge is -2.33.